The van der Waals surface area contributed by atoms with Crippen LogP contribution in [-0.4, -0.2) is 78.5 Å². The van der Waals surface area contributed by atoms with Gasteiger partial charge in [0.15, 0.2) is 16.9 Å². The maximum Gasteiger partial charge on any atom is 0.259 e. The number of hydrogen-bond donors (Lipinski definition) is 5. The summed E-state index contributed by atoms with van der Waals surface area (Å²) in [7, 11) is 0. The third kappa shape index (κ3) is 12.2. The monoisotopic (exact) mass is 1470 g/mol. The van der Waals surface area contributed by atoms with Crippen LogP contribution in [0.5, 0.6) is 5.75 Å². The molecule has 25 heteroatoms. The first-order valence-corrected chi connectivity index (χ1v) is 31.3. The third-order valence-corrected chi connectivity index (χ3v) is 17.1. The first-order chi connectivity index (χ1) is 42.1. The van der Waals surface area contributed by atoms with Gasteiger partial charge in [-0.15, -0.1) is 0 Å². The molecular weight excluding hydrogens is 1410 g/mol. The molecule has 450 valence electrons. The second-order valence-corrected chi connectivity index (χ2v) is 24.5. The molecule has 0 atom stereocenters. The van der Waals surface area contributed by atoms with E-state index in [1.165, 1.54) is 19.0 Å². The summed E-state index contributed by atoms with van der Waals surface area (Å²) in [6.07, 6.45) is 4.24. The number of nitrogens with zero attached hydrogens (tertiary/aromatic N) is 14. The van der Waals surface area contributed by atoms with E-state index in [2.05, 4.69) is 118 Å². The highest BCUT2D eigenvalue weighted by molar-refractivity contribution is 14.1. The molecule has 0 bridgehead atoms. The fraction of sp³-hybridized carbons (Fsp3) is 0.238. The van der Waals surface area contributed by atoms with Crippen LogP contribution in [0.25, 0.3) is 76.7 Å². The number of phenols is 1. The second kappa shape index (κ2) is 25.9. The van der Waals surface area contributed by atoms with Crippen molar-refractivity contribution in [3.8, 4) is 17.0 Å². The largest absolute Gasteiger partial charge is 0.508 e. The molecule has 8 N–H and O–H groups in total. The Labute approximate surface area is 539 Å². The summed E-state index contributed by atoms with van der Waals surface area (Å²) in [6, 6.07) is 31.0. The number of hydrogen-bond acceptors (Lipinski definition) is 16. The van der Waals surface area contributed by atoms with Crippen LogP contribution in [0.2, 0.25) is 0 Å². The molecule has 0 saturated carbocycles. The number of aromatic nitrogens is 15. The minimum absolute atomic E-state index is 0.0191. The summed E-state index contributed by atoms with van der Waals surface area (Å²) in [6.45, 7) is 18.8. The second-order valence-electron chi connectivity index (χ2n) is 21.9. The van der Waals surface area contributed by atoms with Crippen LogP contribution in [-0.2, 0) is 18.4 Å². The van der Waals surface area contributed by atoms with E-state index in [0.29, 0.717) is 69.5 Å². The minimum Gasteiger partial charge on any atom is -0.508 e. The van der Waals surface area contributed by atoms with Gasteiger partial charge in [0.2, 0.25) is 0 Å². The average Bonchev–Trinajstić information content (AvgIpc) is 1.09. The van der Waals surface area contributed by atoms with Crippen molar-refractivity contribution in [1.29, 1.82) is 0 Å². The quantitative estimate of drug-likeness (QED) is 0.0662. The van der Waals surface area contributed by atoms with Crippen molar-refractivity contribution in [3.05, 3.63) is 188 Å². The maximum atomic E-state index is 13.4. The lowest BCUT2D eigenvalue weighted by molar-refractivity contribution is 0.475. The summed E-state index contributed by atoms with van der Waals surface area (Å²) < 4.78 is 10.6. The molecule has 0 spiro atoms. The predicted molar refractivity (Wildman–Crippen MR) is 369 cm³/mol. The Morgan fingerprint density at radius 2 is 0.943 bits per heavy atom. The van der Waals surface area contributed by atoms with Gasteiger partial charge < -0.3 is 36.0 Å². The zero-order valence-corrected chi connectivity index (χ0v) is 55.5. The van der Waals surface area contributed by atoms with E-state index in [1.807, 2.05) is 138 Å². The van der Waals surface area contributed by atoms with Gasteiger partial charge in [-0.2, -0.15) is 15.3 Å². The lowest BCUT2D eigenvalue weighted by atomic mass is 10.1. The van der Waals surface area contributed by atoms with Crippen LogP contribution in [0.1, 0.15) is 93.4 Å². The van der Waals surface area contributed by atoms with Crippen LogP contribution < -0.4 is 33.9 Å². The normalized spacial score (nSPS) is 11.5. The minimum atomic E-state index is -0.0384. The summed E-state index contributed by atoms with van der Waals surface area (Å²) in [5.41, 5.74) is 26.7. The molecule has 0 amide bonds. The Bertz CT molecular complexity index is 5010. The van der Waals surface area contributed by atoms with Crippen molar-refractivity contribution >= 4 is 144 Å². The molecule has 9 aromatic heterocycles. The van der Waals surface area contributed by atoms with Gasteiger partial charge in [-0.1, -0.05) is 82.7 Å². The van der Waals surface area contributed by atoms with E-state index in [-0.39, 0.29) is 40.6 Å². The number of H-pyrrole nitrogens is 1. The molecule has 0 aliphatic heterocycles. The number of alkyl halides is 1. The van der Waals surface area contributed by atoms with E-state index in [4.69, 9.17) is 22.3 Å². The number of nitrogen functional groups attached to an aromatic ring is 3. The van der Waals surface area contributed by atoms with Gasteiger partial charge in [0.1, 0.15) is 55.3 Å². The molecule has 0 saturated heterocycles. The molecule has 4 aromatic carbocycles. The number of aryl methyl sites for hydroxylation is 3. The number of aromatic amines is 1. The smallest absolute Gasteiger partial charge is 0.259 e. The number of pyridine rings is 3. The van der Waals surface area contributed by atoms with Gasteiger partial charge in [-0.25, -0.2) is 39.3 Å². The molecule has 0 fully saturated rings. The number of nitrogens with one attached hydrogen (secondary N) is 1. The van der Waals surface area contributed by atoms with Gasteiger partial charge in [0, 0.05) is 46.1 Å². The van der Waals surface area contributed by atoms with Gasteiger partial charge in [0.05, 0.1) is 45.4 Å². The van der Waals surface area contributed by atoms with Crippen molar-refractivity contribution < 1.29 is 5.11 Å². The van der Waals surface area contributed by atoms with Crippen molar-refractivity contribution in [2.75, 3.05) is 17.2 Å². The third-order valence-electron chi connectivity index (χ3n) is 14.9. The Morgan fingerprint density at radius 1 is 0.523 bits per heavy atom. The lowest BCUT2D eigenvalue weighted by Gasteiger charge is -2.18. The van der Waals surface area contributed by atoms with Crippen molar-refractivity contribution in [1.82, 2.24) is 73.4 Å². The Hall–Kier alpha value is -8.70. The van der Waals surface area contributed by atoms with Crippen molar-refractivity contribution in [2.45, 2.75) is 98.9 Å². The van der Waals surface area contributed by atoms with Crippen LogP contribution >= 0.6 is 61.1 Å². The molecule has 9 heterocycles. The lowest BCUT2D eigenvalue weighted by Crippen LogP contribution is -2.27. The molecule has 0 unspecified atom stereocenters. The maximum absolute atomic E-state index is 13.4. The molecule has 22 nitrogen and oxygen atoms in total. The van der Waals surface area contributed by atoms with Gasteiger partial charge in [0.25, 0.3) is 16.7 Å². The van der Waals surface area contributed by atoms with Crippen LogP contribution in [0.15, 0.2) is 130 Å². The summed E-state index contributed by atoms with van der Waals surface area (Å²) in [5, 5.41) is 34.1. The van der Waals surface area contributed by atoms with Gasteiger partial charge in [-0.3, -0.25) is 19.5 Å². The number of fused-ring (bicyclic) bond motifs is 6. The molecule has 0 radical (unpaired) electrons. The topological polar surface area (TPSA) is 306 Å². The molecule has 13 rings (SSSR count). The number of benzene rings is 4. The van der Waals surface area contributed by atoms with Crippen LogP contribution in [0.4, 0.5) is 17.5 Å². The average molecular weight is 1470 g/mol. The Kier molecular flexibility index (Phi) is 18.4. The standard InChI is InChI=1S/C25H24N6O2.C19H19IN6O.C14H16BrNO.C5H4IN5/c1-14(2)31-18(10-16-7-4-6-15(3)20(16)25(31)33)12-30-24-21(23(26)27-13-28-24)22(29-30)17-8-5-9-19(32)11-17;1-10(2)26-13(7-12-6-4-5-11(3)14(12)19(26)27)8-25-18-15(16(20)24-25)17(21)22-9-23-18;1-9(2)16-12(8-15)7-11-6-4-5-10(3)13(11)14(16)17;6-3-2-4(7)8-1-9-5(2)11-10-3/h4-11,13-14,32H,12H2,1-3H3,(H2,26,27,28);4-7,9-10H,8H2,1-3H3,(H2,21,22,23);4-7,9H,8H2,1-3H3;1H,(H3,7,8,9,10,11). The molecule has 0 aliphatic carbocycles. The highest BCUT2D eigenvalue weighted by Gasteiger charge is 2.22. The first-order valence-electron chi connectivity index (χ1n) is 28.0. The van der Waals surface area contributed by atoms with E-state index < -0.39 is 0 Å². The predicted octanol–water partition coefficient (Wildman–Crippen LogP) is 11.6. The number of nitrogens with two attached hydrogens (primary N) is 3. The van der Waals surface area contributed by atoms with E-state index >= 15 is 0 Å². The molecule has 13 aromatic rings. The van der Waals surface area contributed by atoms with Crippen molar-refractivity contribution in [3.63, 3.8) is 0 Å². The highest BCUT2D eigenvalue weighted by atomic mass is 127. The zero-order chi connectivity index (χ0) is 63.0. The van der Waals surface area contributed by atoms with Crippen LogP contribution in [0, 0.1) is 28.2 Å². The number of anilines is 3. The zero-order valence-electron chi connectivity index (χ0n) is 49.6. The number of aromatic hydroxyl groups is 1. The fourth-order valence-corrected chi connectivity index (χ4v) is 12.9. The fourth-order valence-electron chi connectivity index (χ4n) is 11.1. The molecular formula is C63H63BrI2N18O4. The van der Waals surface area contributed by atoms with Crippen LogP contribution in [0.3, 0.4) is 0 Å². The first kappa shape index (κ1) is 62.4. The Morgan fingerprint density at radius 3 is 1.41 bits per heavy atom. The number of halogens is 3. The highest BCUT2D eigenvalue weighted by Crippen LogP contribution is 2.33. The Balaban J connectivity index is 0.000000139. The molecule has 0 aliphatic rings. The summed E-state index contributed by atoms with van der Waals surface area (Å²) in [5.74, 6) is 1.31. The molecule has 88 heavy (non-hydrogen) atoms. The summed E-state index contributed by atoms with van der Waals surface area (Å²) in [4.78, 5) is 63.9. The van der Waals surface area contributed by atoms with E-state index in [0.717, 1.165) is 84.3 Å². The van der Waals surface area contributed by atoms with E-state index in [1.54, 1.807) is 32.1 Å². The van der Waals surface area contributed by atoms with Gasteiger partial charge in [-0.05, 0) is 171 Å². The van der Waals surface area contributed by atoms with Crippen molar-refractivity contribution in [2.24, 2.45) is 0 Å². The number of rotatable bonds is 9. The van der Waals surface area contributed by atoms with Gasteiger partial charge >= 0.3 is 0 Å². The summed E-state index contributed by atoms with van der Waals surface area (Å²) >= 11 is 7.69. The van der Waals surface area contributed by atoms with E-state index in [9.17, 15) is 19.5 Å². The number of phenolic OH excluding ortho intramolecular Hbond substituents is 1. The SMILES string of the molecule is Cc1cccc2cc(CBr)n(C(C)C)c(=O)c12.Cc1cccc2cc(Cn3nc(-c4cccc(O)c4)c4c(N)ncnc43)n(C(C)C)c(=O)c12.Cc1cccc2cc(Cn3nc(I)c4c(N)ncnc43)n(C(C)C)c(=O)c12.Nc1ncnc2n[nH]c(I)c12.